The van der Waals surface area contributed by atoms with E-state index in [1.54, 1.807) is 23.1 Å². The third-order valence-electron chi connectivity index (χ3n) is 4.99. The highest BCUT2D eigenvalue weighted by Crippen LogP contribution is 2.31. The molecule has 1 aliphatic rings. The second-order valence-electron chi connectivity index (χ2n) is 7.49. The van der Waals surface area contributed by atoms with Crippen molar-refractivity contribution in [1.82, 2.24) is 9.55 Å². The summed E-state index contributed by atoms with van der Waals surface area (Å²) in [5.74, 6) is 0.936. The van der Waals surface area contributed by atoms with Gasteiger partial charge in [0, 0.05) is 6.42 Å². The number of rotatable bonds is 5. The zero-order valence-corrected chi connectivity index (χ0v) is 17.7. The minimum Gasteiger partial charge on any atom is -0.339 e. The van der Waals surface area contributed by atoms with Gasteiger partial charge in [-0.1, -0.05) is 30.0 Å². The van der Waals surface area contributed by atoms with Crippen molar-refractivity contribution in [3.05, 3.63) is 51.1 Å². The van der Waals surface area contributed by atoms with Crippen LogP contribution >= 0.6 is 23.1 Å². The van der Waals surface area contributed by atoms with E-state index in [9.17, 15) is 4.79 Å². The largest absolute Gasteiger partial charge is 0.339 e. The molecule has 27 heavy (non-hydrogen) atoms. The van der Waals surface area contributed by atoms with Gasteiger partial charge in [0.1, 0.15) is 11.4 Å². The van der Waals surface area contributed by atoms with Crippen LogP contribution in [0.4, 0.5) is 0 Å². The lowest BCUT2D eigenvalue weighted by Crippen LogP contribution is -3.08. The summed E-state index contributed by atoms with van der Waals surface area (Å²) < 4.78 is 1.82. The highest BCUT2D eigenvalue weighted by molar-refractivity contribution is 7.99. The number of nitrogens with zero attached hydrogens (tertiary/aromatic N) is 2. The van der Waals surface area contributed by atoms with Crippen molar-refractivity contribution in [2.75, 3.05) is 40.0 Å². The van der Waals surface area contributed by atoms with Gasteiger partial charge in [-0.2, -0.15) is 0 Å². The summed E-state index contributed by atoms with van der Waals surface area (Å²) in [4.78, 5) is 23.7. The van der Waals surface area contributed by atoms with E-state index in [2.05, 4.69) is 21.1 Å². The number of likely N-dealkylation sites (N-methyl/N-ethyl adjacent to an activating group) is 1. The summed E-state index contributed by atoms with van der Waals surface area (Å²) in [5, 5.41) is 1.65. The molecule has 0 amide bonds. The lowest BCUT2D eigenvalue weighted by Gasteiger charge is -2.19. The fourth-order valence-electron chi connectivity index (χ4n) is 3.49. The van der Waals surface area contributed by atoms with Crippen molar-refractivity contribution >= 4 is 33.3 Å². The minimum absolute atomic E-state index is 0.0861. The van der Waals surface area contributed by atoms with Crippen molar-refractivity contribution < 1.29 is 9.80 Å². The van der Waals surface area contributed by atoms with Gasteiger partial charge in [0.05, 0.1) is 55.9 Å². The smallest absolute Gasteiger partial charge is 0.267 e. The normalized spacial score (nSPS) is 16.8. The summed E-state index contributed by atoms with van der Waals surface area (Å²) in [6, 6.07) is 9.92. The number of benzene rings is 1. The van der Waals surface area contributed by atoms with E-state index >= 15 is 0 Å². The van der Waals surface area contributed by atoms with Gasteiger partial charge in [-0.05, 0) is 17.7 Å². The molecule has 5 nitrogen and oxygen atoms in total. The van der Waals surface area contributed by atoms with Crippen LogP contribution in [-0.4, -0.2) is 49.5 Å². The molecule has 0 aliphatic carbocycles. The number of para-hydroxylation sites is 1. The first-order valence-corrected chi connectivity index (χ1v) is 11.2. The zero-order chi connectivity index (χ0) is 19.0. The molecule has 1 unspecified atom stereocenters. The summed E-state index contributed by atoms with van der Waals surface area (Å²) >= 11 is 3.39. The maximum atomic E-state index is 13.6. The summed E-state index contributed by atoms with van der Waals surface area (Å²) in [5.41, 5.74) is 2.22. The Labute approximate surface area is 167 Å². The molecule has 1 aliphatic heterocycles. The first kappa shape index (κ1) is 18.7. The van der Waals surface area contributed by atoms with Gasteiger partial charge in [0.25, 0.3) is 5.56 Å². The standard InChI is InChI=1S/C20H24N4OS2/c1-22(2)11-12-26-20-21-18-17(15-9-10-23(3)13-16(15)27-18)19(25)24(20)14-7-5-4-6-8-14/h4-8H,9-13H2,1-3H3/p+2. The van der Waals surface area contributed by atoms with Gasteiger partial charge in [0.15, 0.2) is 5.16 Å². The molecular formula is C20H26N4OS2+2. The van der Waals surface area contributed by atoms with E-state index in [1.165, 1.54) is 20.2 Å². The lowest BCUT2D eigenvalue weighted by atomic mass is 10.1. The van der Waals surface area contributed by atoms with Gasteiger partial charge in [-0.25, -0.2) is 4.98 Å². The number of thiophene rings is 1. The Morgan fingerprint density at radius 2 is 2.07 bits per heavy atom. The molecule has 0 bridgehead atoms. The van der Waals surface area contributed by atoms with E-state index in [0.29, 0.717) is 0 Å². The average molecular weight is 403 g/mol. The van der Waals surface area contributed by atoms with E-state index in [4.69, 9.17) is 4.98 Å². The second-order valence-corrected chi connectivity index (χ2v) is 9.64. The van der Waals surface area contributed by atoms with E-state index in [0.717, 1.165) is 52.9 Å². The maximum Gasteiger partial charge on any atom is 0.267 e. The summed E-state index contributed by atoms with van der Waals surface area (Å²) in [6.07, 6.45) is 0.962. The number of thioether (sulfide) groups is 1. The van der Waals surface area contributed by atoms with Crippen LogP contribution in [0.5, 0.6) is 0 Å². The minimum atomic E-state index is 0.0861. The van der Waals surface area contributed by atoms with Gasteiger partial charge in [-0.3, -0.25) is 9.36 Å². The molecule has 0 radical (unpaired) electrons. The zero-order valence-electron chi connectivity index (χ0n) is 16.0. The number of hydrogen-bond acceptors (Lipinski definition) is 4. The van der Waals surface area contributed by atoms with E-state index < -0.39 is 0 Å². The summed E-state index contributed by atoms with van der Waals surface area (Å²) in [6.45, 7) is 3.10. The van der Waals surface area contributed by atoms with Crippen LogP contribution in [0.25, 0.3) is 15.9 Å². The molecule has 0 saturated carbocycles. The van der Waals surface area contributed by atoms with Crippen LogP contribution in [0.15, 0.2) is 40.3 Å². The van der Waals surface area contributed by atoms with Gasteiger partial charge in [-0.15, -0.1) is 11.3 Å². The molecule has 0 fully saturated rings. The van der Waals surface area contributed by atoms with Crippen LogP contribution < -0.4 is 15.4 Å². The van der Waals surface area contributed by atoms with Gasteiger partial charge in [0.2, 0.25) is 0 Å². The lowest BCUT2D eigenvalue weighted by molar-refractivity contribution is -0.895. The monoisotopic (exact) mass is 402 g/mol. The van der Waals surface area contributed by atoms with Crippen molar-refractivity contribution in [3.8, 4) is 5.69 Å². The Morgan fingerprint density at radius 1 is 1.30 bits per heavy atom. The predicted molar refractivity (Wildman–Crippen MR) is 113 cm³/mol. The molecule has 0 saturated heterocycles. The van der Waals surface area contributed by atoms with Gasteiger partial charge < -0.3 is 9.80 Å². The predicted octanol–water partition coefficient (Wildman–Crippen LogP) is 0.255. The molecule has 0 spiro atoms. The molecule has 2 aromatic heterocycles. The molecule has 1 aromatic carbocycles. The van der Waals surface area contributed by atoms with Crippen LogP contribution in [0.3, 0.4) is 0 Å². The first-order chi connectivity index (χ1) is 13.0. The van der Waals surface area contributed by atoms with Crippen LogP contribution in [0.2, 0.25) is 0 Å². The quantitative estimate of drug-likeness (QED) is 0.475. The second kappa shape index (κ2) is 7.75. The van der Waals surface area contributed by atoms with Crippen molar-refractivity contribution in [3.63, 3.8) is 0 Å². The Morgan fingerprint density at radius 3 is 2.81 bits per heavy atom. The number of fused-ring (bicyclic) bond motifs is 3. The van der Waals surface area contributed by atoms with E-state index in [-0.39, 0.29) is 5.56 Å². The molecule has 7 heteroatoms. The van der Waals surface area contributed by atoms with E-state index in [1.807, 2.05) is 34.9 Å². The van der Waals surface area contributed by atoms with Crippen LogP contribution in [0.1, 0.15) is 10.4 Å². The molecule has 3 aromatic rings. The number of quaternary nitrogens is 2. The summed E-state index contributed by atoms with van der Waals surface area (Å²) in [7, 11) is 6.51. The Kier molecular flexibility index (Phi) is 5.36. The molecule has 3 heterocycles. The topological polar surface area (TPSA) is 43.8 Å². The average Bonchev–Trinajstić information content (AvgIpc) is 2.99. The molecule has 2 N–H and O–H groups in total. The fourth-order valence-corrected chi connectivity index (χ4v) is 6.04. The Bertz CT molecular complexity index is 1010. The van der Waals surface area contributed by atoms with Crippen LogP contribution in [-0.2, 0) is 13.0 Å². The number of nitrogens with one attached hydrogen (secondary N) is 2. The van der Waals surface area contributed by atoms with Crippen LogP contribution in [0, 0.1) is 0 Å². The van der Waals surface area contributed by atoms with Crippen molar-refractivity contribution in [2.24, 2.45) is 0 Å². The third kappa shape index (κ3) is 3.69. The number of hydrogen-bond donors (Lipinski definition) is 2. The van der Waals surface area contributed by atoms with Crippen molar-refractivity contribution in [1.29, 1.82) is 0 Å². The fraction of sp³-hybridized carbons (Fsp3) is 0.400. The number of aromatic nitrogens is 2. The molecular weight excluding hydrogens is 376 g/mol. The third-order valence-corrected chi connectivity index (χ3v) is 7.06. The molecule has 4 rings (SSSR count). The molecule has 142 valence electrons. The molecule has 1 atom stereocenters. The maximum absolute atomic E-state index is 13.6. The first-order valence-electron chi connectivity index (χ1n) is 9.40. The Balaban J connectivity index is 1.88. The van der Waals surface area contributed by atoms with Gasteiger partial charge >= 0.3 is 0 Å². The van der Waals surface area contributed by atoms with Crippen molar-refractivity contribution in [2.45, 2.75) is 18.1 Å². The highest BCUT2D eigenvalue weighted by atomic mass is 32.2. The SMILES string of the molecule is C[NH+](C)CCSc1nc2sc3c(c2c(=O)n1-c1ccccc1)CC[NH+](C)C3. The Hall–Kier alpha value is -1.67. The highest BCUT2D eigenvalue weighted by Gasteiger charge is 2.26.